The van der Waals surface area contributed by atoms with E-state index in [2.05, 4.69) is 27.8 Å². The van der Waals surface area contributed by atoms with Crippen LogP contribution in [-0.4, -0.2) is 81.8 Å². The van der Waals surface area contributed by atoms with Crippen molar-refractivity contribution in [3.8, 4) is 34.0 Å². The first-order valence-corrected chi connectivity index (χ1v) is 16.3. The van der Waals surface area contributed by atoms with Gasteiger partial charge in [-0.05, 0) is 59.7 Å². The minimum Gasteiger partial charge on any atom is -0.496 e. The lowest BCUT2D eigenvalue weighted by Gasteiger charge is -2.18. The predicted octanol–water partition coefficient (Wildman–Crippen LogP) is 4.35. The zero-order chi connectivity index (χ0) is 35.9. The highest BCUT2D eigenvalue weighted by molar-refractivity contribution is 6.36. The molecule has 12 nitrogen and oxygen atoms in total. The molecule has 0 fully saturated rings. The van der Waals surface area contributed by atoms with Gasteiger partial charge in [-0.15, -0.1) is 0 Å². The van der Waals surface area contributed by atoms with Crippen LogP contribution in [0.5, 0.6) is 11.6 Å². The van der Waals surface area contributed by atoms with E-state index in [4.69, 9.17) is 26.1 Å². The van der Waals surface area contributed by atoms with Gasteiger partial charge >= 0.3 is 11.9 Å². The van der Waals surface area contributed by atoms with E-state index in [1.165, 1.54) is 7.11 Å². The first-order chi connectivity index (χ1) is 24.1. The lowest BCUT2D eigenvalue weighted by Crippen LogP contribution is -2.39. The molecule has 0 bridgehead atoms. The number of fused-ring (bicyclic) bond motifs is 1. The summed E-state index contributed by atoms with van der Waals surface area (Å²) in [5.74, 6) is -1.41. The van der Waals surface area contributed by atoms with Crippen molar-refractivity contribution < 1.29 is 39.5 Å². The number of carboxylic acids is 2. The summed E-state index contributed by atoms with van der Waals surface area (Å²) >= 11 is 7.13. The molecule has 2 aromatic carbocycles. The first-order valence-electron chi connectivity index (χ1n) is 15.9. The van der Waals surface area contributed by atoms with Gasteiger partial charge < -0.3 is 29.9 Å². The molecule has 0 spiro atoms. The number of ether oxygens (including phenoxy) is 2. The topological polar surface area (TPSA) is 183 Å². The lowest BCUT2D eigenvalue weighted by atomic mass is 9.94. The second kappa shape index (κ2) is 16.2. The molecular weight excluding hydrogens is 664 g/mol. The average molecular weight is 703 g/mol. The van der Waals surface area contributed by atoms with Gasteiger partial charge in [-0.1, -0.05) is 48.0 Å². The number of hydrogen-bond donors (Lipinski definition) is 6. The molecule has 50 heavy (non-hydrogen) atoms. The maximum Gasteiger partial charge on any atom is 0.323 e. The van der Waals surface area contributed by atoms with Gasteiger partial charge in [0.25, 0.3) is 0 Å². The Morgan fingerprint density at radius 1 is 0.900 bits per heavy atom. The number of carbonyl (C=O) groups is 2. The Bertz CT molecular complexity index is 1930. The van der Waals surface area contributed by atoms with Crippen LogP contribution in [0.4, 0.5) is 0 Å². The van der Waals surface area contributed by atoms with Crippen molar-refractivity contribution >= 4 is 35.2 Å². The van der Waals surface area contributed by atoms with Crippen LogP contribution in [-0.2, 0) is 29.1 Å². The molecule has 262 valence electrons. The Labute approximate surface area is 294 Å². The predicted molar refractivity (Wildman–Crippen MR) is 189 cm³/mol. The Morgan fingerprint density at radius 2 is 1.54 bits per heavy atom. The molecule has 0 amide bonds. The Morgan fingerprint density at radius 3 is 2.18 bits per heavy atom. The molecule has 0 unspecified atom stereocenters. The number of benzene rings is 2. The van der Waals surface area contributed by atoms with Crippen molar-refractivity contribution in [3.05, 3.63) is 93.3 Å². The van der Waals surface area contributed by atoms with Gasteiger partial charge in [0.05, 0.1) is 43.8 Å². The van der Waals surface area contributed by atoms with E-state index in [0.29, 0.717) is 39.2 Å². The summed E-state index contributed by atoms with van der Waals surface area (Å²) in [6.45, 7) is 1.11. The number of nitrogens with zero attached hydrogens (tertiary/aromatic N) is 2. The maximum atomic E-state index is 11.4. The Kier molecular flexibility index (Phi) is 11.8. The smallest absolute Gasteiger partial charge is 0.323 e. The molecular formula is C37H39ClN4O8. The average Bonchev–Trinajstić information content (AvgIpc) is 3.52. The van der Waals surface area contributed by atoms with Crippen LogP contribution in [0.1, 0.15) is 39.9 Å². The quantitative estimate of drug-likeness (QED) is 0.103. The van der Waals surface area contributed by atoms with Crippen molar-refractivity contribution in [1.29, 1.82) is 0 Å². The van der Waals surface area contributed by atoms with Crippen LogP contribution in [0, 0.1) is 6.92 Å². The normalized spacial score (nSPS) is 14.3. The number of aliphatic carboxylic acids is 2. The van der Waals surface area contributed by atoms with Crippen molar-refractivity contribution in [2.45, 2.75) is 44.9 Å². The molecule has 4 aromatic rings. The first kappa shape index (κ1) is 36.4. The molecule has 1 aliphatic rings. The number of allylic oxidation sites excluding steroid dienone is 1. The van der Waals surface area contributed by atoms with Crippen molar-refractivity contribution in [2.24, 2.45) is 0 Å². The van der Waals surface area contributed by atoms with Gasteiger partial charge in [0, 0.05) is 47.6 Å². The van der Waals surface area contributed by atoms with E-state index >= 15 is 0 Å². The highest BCUT2D eigenvalue weighted by Gasteiger charge is 2.24. The summed E-state index contributed by atoms with van der Waals surface area (Å²) in [4.78, 5) is 31.9. The van der Waals surface area contributed by atoms with E-state index in [1.807, 2.05) is 49.4 Å². The van der Waals surface area contributed by atoms with Crippen LogP contribution in [0.3, 0.4) is 0 Å². The number of methoxy groups -OCH3 is 2. The summed E-state index contributed by atoms with van der Waals surface area (Å²) in [7, 11) is 3.04. The van der Waals surface area contributed by atoms with E-state index in [1.54, 1.807) is 13.3 Å². The second-order valence-electron chi connectivity index (χ2n) is 11.8. The number of aryl methyl sites for hydroxylation is 1. The molecule has 5 rings (SSSR count). The van der Waals surface area contributed by atoms with E-state index in [0.717, 1.165) is 51.8 Å². The molecule has 2 atom stereocenters. The SMILES string of the molecule is COc1cc(/C=C2\CCc3c2cccc3-c2cccc(-c3cc(C)c(CN[C@H](CO)C(=O)O)c(OC)n3)c2Cl)ncc1CN[C@H](CO)C(=O)O. The minimum absolute atomic E-state index is 0.140. The third-order valence-electron chi connectivity index (χ3n) is 8.77. The molecule has 0 radical (unpaired) electrons. The third-order valence-corrected chi connectivity index (χ3v) is 9.17. The molecule has 1 aliphatic carbocycles. The third kappa shape index (κ3) is 7.80. The lowest BCUT2D eigenvalue weighted by molar-refractivity contribution is -0.141. The fourth-order valence-electron chi connectivity index (χ4n) is 6.06. The highest BCUT2D eigenvalue weighted by Crippen LogP contribution is 2.43. The van der Waals surface area contributed by atoms with Crippen LogP contribution in [0.25, 0.3) is 34.0 Å². The van der Waals surface area contributed by atoms with E-state index in [9.17, 15) is 30.0 Å². The fourth-order valence-corrected chi connectivity index (χ4v) is 6.39. The number of carboxylic acid groups (broad SMARTS) is 2. The van der Waals surface area contributed by atoms with Gasteiger partial charge in [-0.25, -0.2) is 4.98 Å². The number of aliphatic hydroxyl groups excluding tert-OH is 2. The number of pyridine rings is 2. The molecule has 2 aromatic heterocycles. The highest BCUT2D eigenvalue weighted by atomic mass is 35.5. The van der Waals surface area contributed by atoms with Crippen molar-refractivity contribution in [1.82, 2.24) is 20.6 Å². The fraction of sp³-hybridized carbons (Fsp3) is 0.297. The number of hydrogen-bond acceptors (Lipinski definition) is 10. The summed E-state index contributed by atoms with van der Waals surface area (Å²) in [6, 6.07) is 13.4. The van der Waals surface area contributed by atoms with Gasteiger partial charge in [0.15, 0.2) is 0 Å². The van der Waals surface area contributed by atoms with Crippen LogP contribution >= 0.6 is 11.6 Å². The number of aliphatic hydroxyl groups is 2. The summed E-state index contributed by atoms with van der Waals surface area (Å²) in [5.41, 5.74) is 9.42. The van der Waals surface area contributed by atoms with Crippen LogP contribution < -0.4 is 20.1 Å². The minimum atomic E-state index is -1.15. The van der Waals surface area contributed by atoms with Crippen molar-refractivity contribution in [3.63, 3.8) is 0 Å². The number of rotatable bonds is 15. The molecule has 0 aliphatic heterocycles. The Balaban J connectivity index is 1.43. The second-order valence-corrected chi connectivity index (χ2v) is 12.2. The van der Waals surface area contributed by atoms with E-state index in [-0.39, 0.29) is 13.1 Å². The van der Waals surface area contributed by atoms with Gasteiger partial charge in [0.1, 0.15) is 17.8 Å². The number of aromatic nitrogens is 2. The standard InChI is InChI=1S/C37H39ClN4O8/c1-20-12-30(42-35(50-3)29(20)17-41-32(19-44)37(47)48)28-9-5-8-27(34(28)38)25-7-4-6-24-21(10-11-26(24)25)13-23-14-33(49-2)22(15-39-23)16-40-31(18-43)36(45)46/h4-9,12-15,31-32,40-41,43-44H,10-11,16-19H2,1-3H3,(H,45,46)(H,47,48)/b21-13+/t31-,32-/m1/s1. The van der Waals surface area contributed by atoms with Crippen molar-refractivity contribution in [2.75, 3.05) is 27.4 Å². The number of halogens is 1. The maximum absolute atomic E-state index is 11.4. The molecule has 6 N–H and O–H groups in total. The molecule has 13 heteroatoms. The zero-order valence-corrected chi connectivity index (χ0v) is 28.6. The molecule has 2 heterocycles. The molecule has 0 saturated heterocycles. The van der Waals surface area contributed by atoms with Gasteiger partial charge in [-0.2, -0.15) is 0 Å². The van der Waals surface area contributed by atoms with Crippen LogP contribution in [0.2, 0.25) is 5.02 Å². The Hall–Kier alpha value is -4.85. The monoisotopic (exact) mass is 702 g/mol. The summed E-state index contributed by atoms with van der Waals surface area (Å²) in [6.07, 6.45) is 5.25. The van der Waals surface area contributed by atoms with Gasteiger partial charge in [0.2, 0.25) is 5.88 Å². The molecule has 0 saturated carbocycles. The van der Waals surface area contributed by atoms with E-state index < -0.39 is 37.2 Å². The zero-order valence-electron chi connectivity index (χ0n) is 27.9. The summed E-state index contributed by atoms with van der Waals surface area (Å²) < 4.78 is 11.2. The summed E-state index contributed by atoms with van der Waals surface area (Å²) in [5, 5.41) is 43.4. The number of nitrogens with one attached hydrogen (secondary N) is 2. The van der Waals surface area contributed by atoms with Gasteiger partial charge in [-0.3, -0.25) is 25.2 Å². The largest absolute Gasteiger partial charge is 0.496 e. The van der Waals surface area contributed by atoms with Crippen LogP contribution in [0.15, 0.2) is 54.7 Å².